The molecule has 1 aromatic rings. The second-order valence-electron chi connectivity index (χ2n) is 4.15. The number of aliphatic imine (C=N–C) groups is 3. The van der Waals surface area contributed by atoms with Crippen molar-refractivity contribution in [1.29, 1.82) is 0 Å². The monoisotopic (exact) mass is 243 g/mol. The van der Waals surface area contributed by atoms with E-state index < -0.39 is 0 Å². The maximum atomic E-state index is 5.29. The predicted molar refractivity (Wildman–Crippen MR) is 70.1 cm³/mol. The van der Waals surface area contributed by atoms with Crippen LogP contribution >= 0.6 is 0 Å². The fourth-order valence-corrected chi connectivity index (χ4v) is 2.13. The molecule has 2 aliphatic heterocycles. The van der Waals surface area contributed by atoms with E-state index in [2.05, 4.69) is 15.0 Å². The number of benzene rings is 1. The number of methoxy groups -OCH3 is 2. The van der Waals surface area contributed by atoms with Crippen molar-refractivity contribution in [2.24, 2.45) is 20.9 Å². The van der Waals surface area contributed by atoms with Crippen LogP contribution in [0, 0.1) is 5.92 Å². The number of ether oxygens (including phenoxy) is 2. The van der Waals surface area contributed by atoms with Crippen molar-refractivity contribution in [3.63, 3.8) is 0 Å². The van der Waals surface area contributed by atoms with E-state index >= 15 is 0 Å². The van der Waals surface area contributed by atoms with Gasteiger partial charge in [0.25, 0.3) is 0 Å². The molecule has 1 atom stereocenters. The van der Waals surface area contributed by atoms with Crippen LogP contribution in [0.5, 0.6) is 11.5 Å². The Bertz CT molecular complexity index is 564. The molecule has 3 rings (SSSR count). The average Bonchev–Trinajstić information content (AvgIpc) is 2.45. The highest BCUT2D eigenvalue weighted by Gasteiger charge is 2.33. The summed E-state index contributed by atoms with van der Waals surface area (Å²) in [5, 5.41) is 0. The molecule has 2 heterocycles. The van der Waals surface area contributed by atoms with E-state index in [1.807, 2.05) is 18.2 Å². The first-order chi connectivity index (χ1) is 8.81. The van der Waals surface area contributed by atoms with Crippen molar-refractivity contribution in [3.05, 3.63) is 23.8 Å². The van der Waals surface area contributed by atoms with E-state index in [-0.39, 0.29) is 5.92 Å². The molecule has 0 spiro atoms. The molecule has 2 bridgehead atoms. The molecule has 92 valence electrons. The van der Waals surface area contributed by atoms with Crippen LogP contribution in [0.4, 0.5) is 0 Å². The molecule has 1 unspecified atom stereocenters. The van der Waals surface area contributed by atoms with Crippen molar-refractivity contribution in [1.82, 2.24) is 0 Å². The third-order valence-electron chi connectivity index (χ3n) is 3.12. The number of hydrogen-bond acceptors (Lipinski definition) is 5. The third kappa shape index (κ3) is 1.68. The first-order valence-electron chi connectivity index (χ1n) is 5.71. The predicted octanol–water partition coefficient (Wildman–Crippen LogP) is 1.72. The van der Waals surface area contributed by atoms with Gasteiger partial charge < -0.3 is 9.47 Å². The topological polar surface area (TPSA) is 55.5 Å². The molecule has 0 amide bonds. The van der Waals surface area contributed by atoms with Crippen LogP contribution in [-0.2, 0) is 6.42 Å². The van der Waals surface area contributed by atoms with Crippen LogP contribution in [0.25, 0.3) is 0 Å². The lowest BCUT2D eigenvalue weighted by Crippen LogP contribution is -2.36. The zero-order chi connectivity index (χ0) is 12.5. The molecule has 2 aliphatic rings. The van der Waals surface area contributed by atoms with Crippen molar-refractivity contribution in [3.8, 4) is 11.5 Å². The van der Waals surface area contributed by atoms with E-state index in [0.29, 0.717) is 0 Å². The lowest BCUT2D eigenvalue weighted by molar-refractivity contribution is 0.354. The highest BCUT2D eigenvalue weighted by Crippen LogP contribution is 2.30. The number of amidine groups is 2. The Balaban J connectivity index is 1.80. The second kappa shape index (κ2) is 4.25. The third-order valence-corrected chi connectivity index (χ3v) is 3.12. The molecule has 5 nitrogen and oxygen atoms in total. The summed E-state index contributed by atoms with van der Waals surface area (Å²) in [6, 6.07) is 5.92. The minimum atomic E-state index is 0.230. The van der Waals surface area contributed by atoms with Crippen LogP contribution in [0.3, 0.4) is 0 Å². The highest BCUT2D eigenvalue weighted by molar-refractivity contribution is 6.24. The van der Waals surface area contributed by atoms with Gasteiger partial charge in [-0.1, -0.05) is 6.07 Å². The van der Waals surface area contributed by atoms with Crippen molar-refractivity contribution >= 4 is 18.0 Å². The van der Waals surface area contributed by atoms with E-state index in [1.165, 1.54) is 0 Å². The quantitative estimate of drug-likeness (QED) is 0.808. The Labute approximate surface area is 105 Å². The number of hydrogen-bond donors (Lipinski definition) is 0. The number of rotatable bonds is 4. The molecule has 0 N–H and O–H groups in total. The molecular weight excluding hydrogens is 230 g/mol. The first kappa shape index (κ1) is 11.0. The Morgan fingerprint density at radius 3 is 2.56 bits per heavy atom. The van der Waals surface area contributed by atoms with Gasteiger partial charge in [0.1, 0.15) is 18.0 Å². The zero-order valence-corrected chi connectivity index (χ0v) is 10.3. The van der Waals surface area contributed by atoms with Gasteiger partial charge in [0.2, 0.25) is 0 Å². The maximum absolute atomic E-state index is 5.29. The van der Waals surface area contributed by atoms with Gasteiger partial charge in [-0.05, 0) is 24.1 Å². The molecule has 0 radical (unpaired) electrons. The second-order valence-corrected chi connectivity index (χ2v) is 4.15. The van der Waals surface area contributed by atoms with Crippen molar-refractivity contribution in [2.45, 2.75) is 6.42 Å². The number of nitrogens with zero attached hydrogens (tertiary/aromatic N) is 3. The van der Waals surface area contributed by atoms with Gasteiger partial charge in [0, 0.05) is 0 Å². The zero-order valence-electron chi connectivity index (χ0n) is 10.3. The standard InChI is InChI=1S/C13H13N3O2/c1-17-10-4-3-8(6-11(10)18-2)5-9-12-14-7-15-13(9)16-12/h3-4,6-7,9H,5H2,1-2H3. The summed E-state index contributed by atoms with van der Waals surface area (Å²) in [4.78, 5) is 12.5. The molecule has 0 fully saturated rings. The summed E-state index contributed by atoms with van der Waals surface area (Å²) < 4.78 is 10.5. The van der Waals surface area contributed by atoms with Crippen LogP contribution in [-0.4, -0.2) is 32.2 Å². The number of fused-ring (bicyclic) bond motifs is 2. The van der Waals surface area contributed by atoms with Crippen LogP contribution < -0.4 is 9.47 Å². The Kier molecular flexibility index (Phi) is 2.59. The van der Waals surface area contributed by atoms with Gasteiger partial charge in [-0.15, -0.1) is 0 Å². The normalized spacial score (nSPS) is 19.8. The fraction of sp³-hybridized carbons (Fsp3) is 0.308. The van der Waals surface area contributed by atoms with Gasteiger partial charge >= 0.3 is 0 Å². The lowest BCUT2D eigenvalue weighted by Gasteiger charge is -2.26. The molecule has 1 aromatic carbocycles. The first-order valence-corrected chi connectivity index (χ1v) is 5.71. The average molecular weight is 243 g/mol. The van der Waals surface area contributed by atoms with Crippen LogP contribution in [0.15, 0.2) is 33.2 Å². The molecule has 0 aromatic heterocycles. The van der Waals surface area contributed by atoms with Gasteiger partial charge in [-0.2, -0.15) is 0 Å². The van der Waals surface area contributed by atoms with Crippen LogP contribution in [0.2, 0.25) is 0 Å². The van der Waals surface area contributed by atoms with Crippen molar-refractivity contribution < 1.29 is 9.47 Å². The summed E-state index contributed by atoms with van der Waals surface area (Å²) >= 11 is 0. The fourth-order valence-electron chi connectivity index (χ4n) is 2.13. The highest BCUT2D eigenvalue weighted by atomic mass is 16.5. The SMILES string of the molecule is COc1ccc(CC2c3ncnc2n3)cc1OC. The van der Waals surface area contributed by atoms with E-state index in [9.17, 15) is 0 Å². The lowest BCUT2D eigenvalue weighted by atomic mass is 9.92. The van der Waals surface area contributed by atoms with Gasteiger partial charge in [0.15, 0.2) is 11.5 Å². The maximum Gasteiger partial charge on any atom is 0.160 e. The van der Waals surface area contributed by atoms with Gasteiger partial charge in [-0.3, -0.25) is 0 Å². The van der Waals surface area contributed by atoms with E-state index in [4.69, 9.17) is 9.47 Å². The molecule has 0 saturated carbocycles. The molecule has 0 aliphatic carbocycles. The minimum Gasteiger partial charge on any atom is -0.493 e. The smallest absolute Gasteiger partial charge is 0.160 e. The van der Waals surface area contributed by atoms with Gasteiger partial charge in [0.05, 0.1) is 20.1 Å². The van der Waals surface area contributed by atoms with E-state index in [1.54, 1.807) is 20.6 Å². The summed E-state index contributed by atoms with van der Waals surface area (Å²) in [6.45, 7) is 0. The Morgan fingerprint density at radius 1 is 1.11 bits per heavy atom. The summed E-state index contributed by atoms with van der Waals surface area (Å²) in [7, 11) is 3.27. The minimum absolute atomic E-state index is 0.230. The summed E-state index contributed by atoms with van der Waals surface area (Å²) in [5.41, 5.74) is 1.16. The molecule has 18 heavy (non-hydrogen) atoms. The Hall–Kier alpha value is -2.17. The summed E-state index contributed by atoms with van der Waals surface area (Å²) in [6.07, 6.45) is 2.40. The summed E-state index contributed by atoms with van der Waals surface area (Å²) in [5.74, 6) is 3.45. The van der Waals surface area contributed by atoms with Crippen molar-refractivity contribution in [2.75, 3.05) is 14.2 Å². The van der Waals surface area contributed by atoms with Gasteiger partial charge in [-0.25, -0.2) is 15.0 Å². The van der Waals surface area contributed by atoms with Crippen LogP contribution in [0.1, 0.15) is 5.56 Å². The molecule has 0 saturated heterocycles. The largest absolute Gasteiger partial charge is 0.493 e. The molecular formula is C13H13N3O2. The van der Waals surface area contributed by atoms with E-state index in [0.717, 1.165) is 35.2 Å². The molecule has 5 heteroatoms. The Morgan fingerprint density at radius 2 is 1.94 bits per heavy atom.